The van der Waals surface area contributed by atoms with Gasteiger partial charge in [-0.3, -0.25) is 5.84 Å². The van der Waals surface area contributed by atoms with Gasteiger partial charge in [0.05, 0.1) is 5.56 Å². The van der Waals surface area contributed by atoms with Crippen LogP contribution < -0.4 is 11.3 Å². The molecule has 0 heterocycles. The van der Waals surface area contributed by atoms with Crippen LogP contribution in [0.4, 0.5) is 18.9 Å². The fraction of sp³-hybridized carbons (Fsp3) is 0.333. The largest absolute Gasteiger partial charge is 0.416 e. The maximum atomic E-state index is 12.4. The fourth-order valence-electron chi connectivity index (χ4n) is 1.25. The Morgan fingerprint density at radius 2 is 2.00 bits per heavy atom. The van der Waals surface area contributed by atoms with Crippen LogP contribution in [0.1, 0.15) is 18.1 Å². The van der Waals surface area contributed by atoms with Crippen molar-refractivity contribution in [3.8, 4) is 0 Å². The Bertz CT molecular complexity index is 320. The Morgan fingerprint density at radius 3 is 2.43 bits per heavy atom. The molecule has 3 N–H and O–H groups in total. The van der Waals surface area contributed by atoms with Gasteiger partial charge in [-0.15, -0.1) is 0 Å². The fourth-order valence-corrected chi connectivity index (χ4v) is 1.25. The molecule has 0 aliphatic rings. The molecule has 0 unspecified atom stereocenters. The van der Waals surface area contributed by atoms with Crippen LogP contribution in [0.5, 0.6) is 0 Å². The summed E-state index contributed by atoms with van der Waals surface area (Å²) in [6.07, 6.45) is -3.97. The second kappa shape index (κ2) is 3.88. The van der Waals surface area contributed by atoms with Gasteiger partial charge in [-0.1, -0.05) is 6.92 Å². The molecular weight excluding hydrogens is 193 g/mol. The van der Waals surface area contributed by atoms with Gasteiger partial charge in [-0.2, -0.15) is 13.2 Å². The Hall–Kier alpha value is -1.23. The number of rotatable bonds is 2. The quantitative estimate of drug-likeness (QED) is 0.574. The van der Waals surface area contributed by atoms with Gasteiger partial charge in [0, 0.05) is 5.69 Å². The van der Waals surface area contributed by atoms with Gasteiger partial charge in [-0.05, 0) is 30.2 Å². The highest BCUT2D eigenvalue weighted by atomic mass is 19.4. The summed E-state index contributed by atoms with van der Waals surface area (Å²) in [5.41, 5.74) is 2.44. The summed E-state index contributed by atoms with van der Waals surface area (Å²) in [5.74, 6) is 5.10. The van der Waals surface area contributed by atoms with Gasteiger partial charge in [0.25, 0.3) is 0 Å². The van der Waals surface area contributed by atoms with E-state index in [0.717, 1.165) is 6.07 Å². The SMILES string of the molecule is CCc1cc(NN)ccc1C(F)(F)F. The van der Waals surface area contributed by atoms with E-state index >= 15 is 0 Å². The normalized spacial score (nSPS) is 11.5. The molecule has 0 saturated heterocycles. The first kappa shape index (κ1) is 10.8. The van der Waals surface area contributed by atoms with Crippen LogP contribution >= 0.6 is 0 Å². The number of hydrazine groups is 1. The minimum Gasteiger partial charge on any atom is -0.324 e. The zero-order valence-corrected chi connectivity index (χ0v) is 7.65. The Balaban J connectivity index is 3.18. The molecule has 0 saturated carbocycles. The zero-order valence-electron chi connectivity index (χ0n) is 7.65. The number of nitrogens with two attached hydrogens (primary N) is 1. The number of alkyl halides is 3. The number of anilines is 1. The molecular formula is C9H11F3N2. The predicted molar refractivity (Wildman–Crippen MR) is 48.6 cm³/mol. The van der Waals surface area contributed by atoms with Crippen molar-refractivity contribution in [3.63, 3.8) is 0 Å². The highest BCUT2D eigenvalue weighted by Gasteiger charge is 2.32. The van der Waals surface area contributed by atoms with E-state index in [1.54, 1.807) is 6.92 Å². The number of nitrogens with one attached hydrogen (secondary N) is 1. The molecule has 1 aromatic rings. The summed E-state index contributed by atoms with van der Waals surface area (Å²) in [5, 5.41) is 0. The van der Waals surface area contributed by atoms with Crippen molar-refractivity contribution in [2.45, 2.75) is 19.5 Å². The van der Waals surface area contributed by atoms with E-state index < -0.39 is 11.7 Å². The van der Waals surface area contributed by atoms with Crippen molar-refractivity contribution in [1.82, 2.24) is 0 Å². The number of hydrogen-bond acceptors (Lipinski definition) is 2. The molecule has 0 spiro atoms. The van der Waals surface area contributed by atoms with E-state index in [1.165, 1.54) is 12.1 Å². The van der Waals surface area contributed by atoms with Gasteiger partial charge in [0.2, 0.25) is 0 Å². The zero-order chi connectivity index (χ0) is 10.8. The lowest BCUT2D eigenvalue weighted by molar-refractivity contribution is -0.138. The van der Waals surface area contributed by atoms with Crippen molar-refractivity contribution in [3.05, 3.63) is 29.3 Å². The minimum atomic E-state index is -4.29. The van der Waals surface area contributed by atoms with Crippen LogP contribution in [-0.4, -0.2) is 0 Å². The van der Waals surface area contributed by atoms with Gasteiger partial charge >= 0.3 is 6.18 Å². The molecule has 0 fully saturated rings. The monoisotopic (exact) mass is 204 g/mol. The molecule has 14 heavy (non-hydrogen) atoms. The van der Waals surface area contributed by atoms with E-state index in [9.17, 15) is 13.2 Å². The average Bonchev–Trinajstić information content (AvgIpc) is 2.15. The summed E-state index contributed by atoms with van der Waals surface area (Å²) in [6, 6.07) is 3.75. The van der Waals surface area contributed by atoms with Gasteiger partial charge in [0.15, 0.2) is 0 Å². The third kappa shape index (κ3) is 2.17. The second-order valence-electron chi connectivity index (χ2n) is 2.87. The van der Waals surface area contributed by atoms with E-state index in [2.05, 4.69) is 5.43 Å². The topological polar surface area (TPSA) is 38.0 Å². The molecule has 0 aromatic heterocycles. The summed E-state index contributed by atoms with van der Waals surface area (Å²) in [7, 11) is 0. The highest BCUT2D eigenvalue weighted by Crippen LogP contribution is 2.33. The van der Waals surface area contributed by atoms with Crippen LogP contribution in [0.25, 0.3) is 0 Å². The minimum absolute atomic E-state index is 0.243. The van der Waals surface area contributed by atoms with Crippen LogP contribution in [0.3, 0.4) is 0 Å². The lowest BCUT2D eigenvalue weighted by atomic mass is 10.0. The summed E-state index contributed by atoms with van der Waals surface area (Å²) in [4.78, 5) is 0. The van der Waals surface area contributed by atoms with Gasteiger partial charge < -0.3 is 5.43 Å². The molecule has 1 aromatic carbocycles. The van der Waals surface area contributed by atoms with Crippen LogP contribution in [-0.2, 0) is 12.6 Å². The number of halogens is 3. The van der Waals surface area contributed by atoms with E-state index in [0.29, 0.717) is 12.1 Å². The number of benzene rings is 1. The van der Waals surface area contributed by atoms with Crippen LogP contribution in [0.2, 0.25) is 0 Å². The van der Waals surface area contributed by atoms with E-state index in [1.807, 2.05) is 0 Å². The third-order valence-electron chi connectivity index (χ3n) is 1.96. The molecule has 0 radical (unpaired) electrons. The highest BCUT2D eigenvalue weighted by molar-refractivity contribution is 5.48. The summed E-state index contributed by atoms with van der Waals surface area (Å²) >= 11 is 0. The summed E-state index contributed by atoms with van der Waals surface area (Å²) < 4.78 is 37.3. The number of aryl methyl sites for hydroxylation is 1. The van der Waals surface area contributed by atoms with Crippen LogP contribution in [0, 0.1) is 0 Å². The molecule has 0 amide bonds. The number of hydrogen-bond donors (Lipinski definition) is 2. The lowest BCUT2D eigenvalue weighted by Crippen LogP contribution is -2.11. The maximum absolute atomic E-state index is 12.4. The molecule has 2 nitrogen and oxygen atoms in total. The first-order chi connectivity index (χ1) is 6.49. The predicted octanol–water partition coefficient (Wildman–Crippen LogP) is 2.55. The maximum Gasteiger partial charge on any atom is 0.416 e. The van der Waals surface area contributed by atoms with Crippen LogP contribution in [0.15, 0.2) is 18.2 Å². The van der Waals surface area contributed by atoms with E-state index in [-0.39, 0.29) is 5.56 Å². The second-order valence-corrected chi connectivity index (χ2v) is 2.87. The summed E-state index contributed by atoms with van der Waals surface area (Å²) in [6.45, 7) is 1.67. The van der Waals surface area contributed by atoms with Gasteiger partial charge in [-0.25, -0.2) is 0 Å². The molecule has 5 heteroatoms. The smallest absolute Gasteiger partial charge is 0.324 e. The van der Waals surface area contributed by atoms with Crippen molar-refractivity contribution in [2.24, 2.45) is 5.84 Å². The van der Waals surface area contributed by atoms with Crippen molar-refractivity contribution in [2.75, 3.05) is 5.43 Å². The van der Waals surface area contributed by atoms with E-state index in [4.69, 9.17) is 5.84 Å². The first-order valence-electron chi connectivity index (χ1n) is 4.15. The first-order valence-corrected chi connectivity index (χ1v) is 4.15. The standard InChI is InChI=1S/C9H11F3N2/c1-2-6-5-7(14-13)3-4-8(6)9(10,11)12/h3-5,14H,2,13H2,1H3. The molecule has 0 bridgehead atoms. The lowest BCUT2D eigenvalue weighted by Gasteiger charge is -2.12. The number of nitrogen functional groups attached to an aromatic ring is 1. The molecule has 0 aliphatic heterocycles. The molecule has 0 aliphatic carbocycles. The third-order valence-corrected chi connectivity index (χ3v) is 1.96. The molecule has 78 valence electrons. The Kier molecular flexibility index (Phi) is 3.00. The van der Waals surface area contributed by atoms with Crippen molar-refractivity contribution >= 4 is 5.69 Å². The molecule has 0 atom stereocenters. The molecule has 1 rings (SSSR count). The van der Waals surface area contributed by atoms with Crippen molar-refractivity contribution < 1.29 is 13.2 Å². The Labute approximate surface area is 79.9 Å². The Morgan fingerprint density at radius 1 is 1.36 bits per heavy atom. The average molecular weight is 204 g/mol. The van der Waals surface area contributed by atoms with Gasteiger partial charge in [0.1, 0.15) is 0 Å². The van der Waals surface area contributed by atoms with Crippen molar-refractivity contribution in [1.29, 1.82) is 0 Å².